The van der Waals surface area contributed by atoms with E-state index in [9.17, 15) is 9.18 Å². The summed E-state index contributed by atoms with van der Waals surface area (Å²) < 4.78 is 18.8. The molecule has 1 atom stereocenters. The molecule has 0 aliphatic carbocycles. The number of carbonyl (C=O) groups excluding carboxylic acids is 1. The summed E-state index contributed by atoms with van der Waals surface area (Å²) in [5.74, 6) is -0.819. The van der Waals surface area contributed by atoms with Crippen LogP contribution in [0.5, 0.6) is 6.01 Å². The first-order chi connectivity index (χ1) is 14.2. The number of likely N-dealkylation sites (tertiary alicyclic amines) is 1. The molecule has 1 saturated heterocycles. The van der Waals surface area contributed by atoms with Crippen molar-refractivity contribution >= 4 is 5.91 Å². The lowest BCUT2D eigenvalue weighted by molar-refractivity contribution is -0.134. The number of carbonyl (C=O) groups is 1. The van der Waals surface area contributed by atoms with Gasteiger partial charge < -0.3 is 9.64 Å². The largest absolute Gasteiger partial charge is 0.458 e. The molecular formula is C23H22FN3O2. The number of benzene rings is 2. The molecule has 0 saturated carbocycles. The van der Waals surface area contributed by atoms with Crippen LogP contribution >= 0.6 is 0 Å². The number of hydrogen-bond acceptors (Lipinski definition) is 4. The minimum atomic E-state index is -0.508. The van der Waals surface area contributed by atoms with E-state index in [1.165, 1.54) is 0 Å². The molecule has 5 nitrogen and oxygen atoms in total. The zero-order valence-electron chi connectivity index (χ0n) is 15.9. The van der Waals surface area contributed by atoms with Crippen LogP contribution in [0.15, 0.2) is 73.1 Å². The van der Waals surface area contributed by atoms with E-state index >= 15 is 0 Å². The number of ether oxygens (including phenoxy) is 1. The smallest absolute Gasteiger partial charge is 0.316 e. The minimum absolute atomic E-state index is 0.0516. The highest BCUT2D eigenvalue weighted by Gasteiger charge is 2.31. The van der Waals surface area contributed by atoms with E-state index in [-0.39, 0.29) is 23.9 Å². The van der Waals surface area contributed by atoms with Gasteiger partial charge in [0.25, 0.3) is 0 Å². The lowest BCUT2D eigenvalue weighted by Gasteiger charge is -2.34. The van der Waals surface area contributed by atoms with Gasteiger partial charge in [-0.2, -0.15) is 0 Å². The Morgan fingerprint density at radius 3 is 2.17 bits per heavy atom. The Kier molecular flexibility index (Phi) is 5.79. The maximum atomic E-state index is 13.5. The predicted molar refractivity (Wildman–Crippen MR) is 107 cm³/mol. The number of piperidine rings is 1. The molecule has 0 N–H and O–H groups in total. The highest BCUT2D eigenvalue weighted by molar-refractivity contribution is 5.87. The van der Waals surface area contributed by atoms with Crippen molar-refractivity contribution in [3.05, 3.63) is 90.0 Å². The molecule has 1 aromatic heterocycles. The SMILES string of the molecule is O=C(C(c1ccccc1)c1ccccc1)N1CCC[C@@H](Oc2ncc(F)cn2)C1. The molecular weight excluding hydrogens is 369 g/mol. The third kappa shape index (κ3) is 4.59. The fourth-order valence-corrected chi connectivity index (χ4v) is 3.70. The molecule has 1 fully saturated rings. The van der Waals surface area contributed by atoms with E-state index in [1.54, 1.807) is 0 Å². The molecule has 29 heavy (non-hydrogen) atoms. The first-order valence-electron chi connectivity index (χ1n) is 9.73. The van der Waals surface area contributed by atoms with Gasteiger partial charge in [0.05, 0.1) is 24.9 Å². The maximum Gasteiger partial charge on any atom is 0.316 e. The lowest BCUT2D eigenvalue weighted by Crippen LogP contribution is -2.46. The number of rotatable bonds is 5. The van der Waals surface area contributed by atoms with Gasteiger partial charge in [-0.05, 0) is 24.0 Å². The molecule has 1 amide bonds. The Bertz CT molecular complexity index is 896. The number of halogens is 1. The number of aromatic nitrogens is 2. The van der Waals surface area contributed by atoms with Gasteiger partial charge in [0, 0.05) is 6.54 Å². The van der Waals surface area contributed by atoms with Crippen molar-refractivity contribution in [2.45, 2.75) is 24.9 Å². The van der Waals surface area contributed by atoms with E-state index < -0.39 is 5.82 Å². The van der Waals surface area contributed by atoms with Crippen molar-refractivity contribution in [1.29, 1.82) is 0 Å². The summed E-state index contributed by atoms with van der Waals surface area (Å²) >= 11 is 0. The average molecular weight is 391 g/mol. The molecule has 3 aromatic rings. The van der Waals surface area contributed by atoms with Crippen LogP contribution in [-0.4, -0.2) is 40.0 Å². The predicted octanol–water partition coefficient (Wildman–Crippen LogP) is 3.82. The molecule has 4 rings (SSSR count). The van der Waals surface area contributed by atoms with Gasteiger partial charge in [-0.1, -0.05) is 60.7 Å². The molecule has 2 heterocycles. The molecule has 0 radical (unpaired) electrons. The standard InChI is InChI=1S/C23H22FN3O2/c24-19-14-25-23(26-15-19)29-20-12-7-13-27(16-20)22(28)21(17-8-3-1-4-9-17)18-10-5-2-6-11-18/h1-6,8-11,14-15,20-21H,7,12-13,16H2/t20-/m1/s1. The van der Waals surface area contributed by atoms with E-state index in [1.807, 2.05) is 65.6 Å². The normalized spacial score (nSPS) is 16.6. The average Bonchev–Trinajstić information content (AvgIpc) is 2.77. The molecule has 0 spiro atoms. The summed E-state index contributed by atoms with van der Waals surface area (Å²) in [7, 11) is 0. The van der Waals surface area contributed by atoms with Gasteiger partial charge in [0.2, 0.25) is 5.91 Å². The third-order valence-electron chi connectivity index (χ3n) is 5.07. The lowest BCUT2D eigenvalue weighted by atomic mass is 9.89. The molecule has 148 valence electrons. The Labute approximate surface area is 169 Å². The second-order valence-corrected chi connectivity index (χ2v) is 7.10. The van der Waals surface area contributed by atoms with Gasteiger partial charge in [0.15, 0.2) is 5.82 Å². The van der Waals surface area contributed by atoms with Gasteiger partial charge in [-0.25, -0.2) is 14.4 Å². The Balaban J connectivity index is 1.53. The van der Waals surface area contributed by atoms with E-state index in [0.717, 1.165) is 36.4 Å². The van der Waals surface area contributed by atoms with Crippen molar-refractivity contribution < 1.29 is 13.9 Å². The second-order valence-electron chi connectivity index (χ2n) is 7.10. The summed E-state index contributed by atoms with van der Waals surface area (Å²) in [4.78, 5) is 23.1. The highest BCUT2D eigenvalue weighted by Crippen LogP contribution is 2.28. The third-order valence-corrected chi connectivity index (χ3v) is 5.07. The van der Waals surface area contributed by atoms with Gasteiger partial charge >= 0.3 is 6.01 Å². The Hall–Kier alpha value is -3.28. The van der Waals surface area contributed by atoms with E-state index in [4.69, 9.17) is 4.74 Å². The molecule has 1 aliphatic heterocycles. The summed E-state index contributed by atoms with van der Waals surface area (Å²) in [5, 5.41) is 0. The van der Waals surface area contributed by atoms with Crippen molar-refractivity contribution in [2.75, 3.05) is 13.1 Å². The summed E-state index contributed by atoms with van der Waals surface area (Å²) in [6.07, 6.45) is 3.56. The van der Waals surface area contributed by atoms with Crippen LogP contribution in [0, 0.1) is 5.82 Å². The first kappa shape index (κ1) is 19.1. The van der Waals surface area contributed by atoms with Crippen LogP contribution in [0.3, 0.4) is 0 Å². The zero-order valence-corrected chi connectivity index (χ0v) is 15.9. The molecule has 0 bridgehead atoms. The van der Waals surface area contributed by atoms with Gasteiger partial charge in [-0.15, -0.1) is 0 Å². The van der Waals surface area contributed by atoms with Crippen LogP contribution in [0.1, 0.15) is 29.9 Å². The first-order valence-corrected chi connectivity index (χ1v) is 9.73. The van der Waals surface area contributed by atoms with Crippen LogP contribution in [0.2, 0.25) is 0 Å². The molecule has 2 aromatic carbocycles. The van der Waals surface area contributed by atoms with Crippen LogP contribution in [0.4, 0.5) is 4.39 Å². The topological polar surface area (TPSA) is 55.3 Å². The van der Waals surface area contributed by atoms with Crippen molar-refractivity contribution in [1.82, 2.24) is 14.9 Å². The van der Waals surface area contributed by atoms with Crippen LogP contribution in [-0.2, 0) is 4.79 Å². The van der Waals surface area contributed by atoms with Crippen molar-refractivity contribution in [2.24, 2.45) is 0 Å². The maximum absolute atomic E-state index is 13.5. The van der Waals surface area contributed by atoms with Gasteiger partial charge in [-0.3, -0.25) is 4.79 Å². The summed E-state index contributed by atoms with van der Waals surface area (Å²) in [5.41, 5.74) is 1.93. The van der Waals surface area contributed by atoms with Crippen LogP contribution < -0.4 is 4.74 Å². The van der Waals surface area contributed by atoms with E-state index in [0.29, 0.717) is 13.1 Å². The molecule has 0 unspecified atom stereocenters. The number of nitrogens with zero attached hydrogens (tertiary/aromatic N) is 3. The fourth-order valence-electron chi connectivity index (χ4n) is 3.70. The minimum Gasteiger partial charge on any atom is -0.458 e. The Morgan fingerprint density at radius 2 is 1.59 bits per heavy atom. The van der Waals surface area contributed by atoms with Gasteiger partial charge in [0.1, 0.15) is 6.10 Å². The zero-order chi connectivity index (χ0) is 20.1. The summed E-state index contributed by atoms with van der Waals surface area (Å²) in [6.45, 7) is 1.13. The second kappa shape index (κ2) is 8.82. The highest BCUT2D eigenvalue weighted by atomic mass is 19.1. The molecule has 6 heteroatoms. The van der Waals surface area contributed by atoms with E-state index in [2.05, 4.69) is 9.97 Å². The Morgan fingerprint density at radius 1 is 1.00 bits per heavy atom. The monoisotopic (exact) mass is 391 g/mol. The summed E-state index contributed by atoms with van der Waals surface area (Å²) in [6, 6.07) is 19.8. The molecule has 1 aliphatic rings. The number of amides is 1. The fraction of sp³-hybridized carbons (Fsp3) is 0.261. The van der Waals surface area contributed by atoms with Crippen molar-refractivity contribution in [3.8, 4) is 6.01 Å². The van der Waals surface area contributed by atoms with Crippen molar-refractivity contribution in [3.63, 3.8) is 0 Å². The quantitative estimate of drug-likeness (QED) is 0.664. The number of hydrogen-bond donors (Lipinski definition) is 0. The van der Waals surface area contributed by atoms with Crippen LogP contribution in [0.25, 0.3) is 0 Å².